The van der Waals surface area contributed by atoms with Gasteiger partial charge in [-0.2, -0.15) is 0 Å². The summed E-state index contributed by atoms with van der Waals surface area (Å²) in [5.41, 5.74) is 3.58. The van der Waals surface area contributed by atoms with Crippen molar-refractivity contribution in [2.45, 2.75) is 13.8 Å². The molecule has 0 saturated carbocycles. The van der Waals surface area contributed by atoms with E-state index in [0.717, 1.165) is 27.3 Å². The van der Waals surface area contributed by atoms with Crippen LogP contribution in [-0.2, 0) is 9.59 Å². The first kappa shape index (κ1) is 13.2. The summed E-state index contributed by atoms with van der Waals surface area (Å²) in [6.07, 6.45) is 7.74. The number of aliphatic imine (C=N–C) groups is 1. The van der Waals surface area contributed by atoms with Crippen LogP contribution in [0.25, 0.3) is 11.6 Å². The number of nitrogens with one attached hydrogen (secondary N) is 1. The van der Waals surface area contributed by atoms with Gasteiger partial charge in [-0.25, -0.2) is 4.99 Å². The van der Waals surface area contributed by atoms with Crippen LogP contribution in [0.5, 0.6) is 0 Å². The third kappa shape index (κ3) is 2.60. The standard InChI is InChI=1S/C17H14N2O2/c1-10(20)18-14-3-5-16-12(8-14)7-13-9-15(19-11(2)21)4-6-17(13)16/h3-9H,1-2H3,(H,18,20). The highest BCUT2D eigenvalue weighted by Gasteiger charge is 2.13. The fraction of sp³-hybridized carbons (Fsp3) is 0.118. The maximum absolute atomic E-state index is 11.1. The first-order valence-corrected chi connectivity index (χ1v) is 6.66. The quantitative estimate of drug-likeness (QED) is 0.835. The Morgan fingerprint density at radius 3 is 2.62 bits per heavy atom. The molecule has 0 spiro atoms. The summed E-state index contributed by atoms with van der Waals surface area (Å²) < 4.78 is 0. The van der Waals surface area contributed by atoms with Gasteiger partial charge in [0.05, 0.1) is 5.71 Å². The van der Waals surface area contributed by atoms with Gasteiger partial charge in [-0.05, 0) is 51.9 Å². The third-order valence-corrected chi connectivity index (χ3v) is 3.29. The number of allylic oxidation sites excluding steroid dienone is 4. The van der Waals surface area contributed by atoms with E-state index in [-0.39, 0.29) is 11.8 Å². The molecule has 1 N–H and O–H groups in total. The highest BCUT2D eigenvalue weighted by Crippen LogP contribution is 2.21. The summed E-state index contributed by atoms with van der Waals surface area (Å²) in [6.45, 7) is 2.92. The molecule has 0 unspecified atom stereocenters. The van der Waals surface area contributed by atoms with E-state index in [1.165, 1.54) is 13.8 Å². The van der Waals surface area contributed by atoms with Crippen LogP contribution in [0.15, 0.2) is 47.0 Å². The van der Waals surface area contributed by atoms with Gasteiger partial charge in [-0.1, -0.05) is 12.1 Å². The zero-order valence-corrected chi connectivity index (χ0v) is 11.8. The molecule has 3 rings (SSSR count). The van der Waals surface area contributed by atoms with Gasteiger partial charge < -0.3 is 5.32 Å². The summed E-state index contributed by atoms with van der Waals surface area (Å²) in [6, 6.07) is 5.82. The molecule has 0 fully saturated rings. The molecule has 0 saturated heterocycles. The largest absolute Gasteiger partial charge is 0.326 e. The molecule has 0 bridgehead atoms. The molecule has 1 aromatic carbocycles. The Morgan fingerprint density at radius 2 is 1.90 bits per heavy atom. The van der Waals surface area contributed by atoms with Crippen molar-refractivity contribution < 1.29 is 9.59 Å². The Morgan fingerprint density at radius 1 is 1.10 bits per heavy atom. The Bertz CT molecular complexity index is 871. The maximum Gasteiger partial charge on any atom is 0.243 e. The van der Waals surface area contributed by atoms with Crippen molar-refractivity contribution in [3.8, 4) is 0 Å². The van der Waals surface area contributed by atoms with Crippen molar-refractivity contribution in [3.63, 3.8) is 0 Å². The summed E-state index contributed by atoms with van der Waals surface area (Å²) in [5.74, 6) is -0.300. The number of hydrogen-bond acceptors (Lipinski definition) is 2. The highest BCUT2D eigenvalue weighted by molar-refractivity contribution is 6.15. The van der Waals surface area contributed by atoms with E-state index in [9.17, 15) is 9.59 Å². The fourth-order valence-electron chi connectivity index (χ4n) is 2.54. The second-order valence-electron chi connectivity index (χ2n) is 5.03. The minimum absolute atomic E-state index is 0.0898. The van der Waals surface area contributed by atoms with Crippen molar-refractivity contribution >= 4 is 34.9 Å². The number of amides is 2. The molecule has 4 nitrogen and oxygen atoms in total. The average Bonchev–Trinajstić information content (AvgIpc) is 2.73. The molecule has 0 radical (unpaired) electrons. The molecule has 2 aliphatic rings. The number of hydrogen-bond donors (Lipinski definition) is 1. The minimum atomic E-state index is -0.210. The topological polar surface area (TPSA) is 58.5 Å². The summed E-state index contributed by atoms with van der Waals surface area (Å²) >= 11 is 0. The molecular weight excluding hydrogens is 264 g/mol. The number of rotatable bonds is 1. The summed E-state index contributed by atoms with van der Waals surface area (Å²) in [5, 5.41) is 4.95. The Hall–Kier alpha value is -2.75. The molecule has 0 atom stereocenters. The number of carbonyl (C=O) groups excluding carboxylic acids is 2. The van der Waals surface area contributed by atoms with Crippen molar-refractivity contribution in [2.24, 2.45) is 4.99 Å². The van der Waals surface area contributed by atoms with Crippen LogP contribution >= 0.6 is 0 Å². The van der Waals surface area contributed by atoms with E-state index in [4.69, 9.17) is 0 Å². The lowest BCUT2D eigenvalue weighted by Crippen LogP contribution is -2.23. The monoisotopic (exact) mass is 278 g/mol. The molecule has 21 heavy (non-hydrogen) atoms. The molecule has 0 aliphatic heterocycles. The normalized spacial score (nSPS) is 17.0. The third-order valence-electron chi connectivity index (χ3n) is 3.29. The van der Waals surface area contributed by atoms with Crippen LogP contribution in [0.2, 0.25) is 0 Å². The lowest BCUT2D eigenvalue weighted by Gasteiger charge is -2.06. The van der Waals surface area contributed by atoms with Gasteiger partial charge >= 0.3 is 0 Å². The van der Waals surface area contributed by atoms with Gasteiger partial charge in [-0.15, -0.1) is 0 Å². The van der Waals surface area contributed by atoms with E-state index < -0.39 is 0 Å². The smallest absolute Gasteiger partial charge is 0.243 e. The highest BCUT2D eigenvalue weighted by atomic mass is 16.1. The van der Waals surface area contributed by atoms with Crippen LogP contribution in [-0.4, -0.2) is 17.5 Å². The second kappa shape index (κ2) is 4.98. The van der Waals surface area contributed by atoms with E-state index in [2.05, 4.69) is 10.3 Å². The van der Waals surface area contributed by atoms with Crippen LogP contribution in [0.4, 0.5) is 5.69 Å². The minimum Gasteiger partial charge on any atom is -0.326 e. The van der Waals surface area contributed by atoms with Crippen LogP contribution < -0.4 is 15.8 Å². The van der Waals surface area contributed by atoms with E-state index in [1.54, 1.807) is 0 Å². The van der Waals surface area contributed by atoms with Crippen molar-refractivity contribution in [1.82, 2.24) is 0 Å². The van der Waals surface area contributed by atoms with Gasteiger partial charge in [0.25, 0.3) is 0 Å². The summed E-state index contributed by atoms with van der Waals surface area (Å²) in [7, 11) is 0. The van der Waals surface area contributed by atoms with Crippen LogP contribution in [0, 0.1) is 0 Å². The van der Waals surface area contributed by atoms with Gasteiger partial charge in [0.15, 0.2) is 0 Å². The zero-order valence-electron chi connectivity index (χ0n) is 11.8. The van der Waals surface area contributed by atoms with E-state index >= 15 is 0 Å². The second-order valence-corrected chi connectivity index (χ2v) is 5.03. The first-order valence-electron chi connectivity index (χ1n) is 6.66. The van der Waals surface area contributed by atoms with E-state index in [0.29, 0.717) is 5.71 Å². The van der Waals surface area contributed by atoms with Crippen molar-refractivity contribution in [2.75, 3.05) is 5.32 Å². The van der Waals surface area contributed by atoms with Gasteiger partial charge in [0, 0.05) is 19.5 Å². The average molecular weight is 278 g/mol. The predicted octanol–water partition coefficient (Wildman–Crippen LogP) is 1.07. The van der Waals surface area contributed by atoms with Crippen molar-refractivity contribution in [1.29, 1.82) is 0 Å². The molecule has 1 aromatic rings. The summed E-state index contributed by atoms with van der Waals surface area (Å²) in [4.78, 5) is 26.1. The predicted molar refractivity (Wildman–Crippen MR) is 83.2 cm³/mol. The molecule has 4 heteroatoms. The molecule has 0 heterocycles. The number of anilines is 1. The SMILES string of the molecule is CC(=O)N=C1C=CC2=c3ccc(NC(C)=O)cc3=CC2=C1. The molecule has 2 amide bonds. The Labute approximate surface area is 121 Å². The molecular formula is C17H14N2O2. The van der Waals surface area contributed by atoms with Gasteiger partial charge in [-0.3, -0.25) is 9.59 Å². The lowest BCUT2D eigenvalue weighted by molar-refractivity contribution is -0.116. The molecule has 2 aliphatic carbocycles. The number of nitrogens with zero attached hydrogens (tertiary/aromatic N) is 1. The lowest BCUT2D eigenvalue weighted by atomic mass is 10.0. The molecule has 0 aromatic heterocycles. The van der Waals surface area contributed by atoms with E-state index in [1.807, 2.05) is 42.5 Å². The van der Waals surface area contributed by atoms with Crippen LogP contribution in [0.1, 0.15) is 13.8 Å². The zero-order chi connectivity index (χ0) is 15.0. The Balaban J connectivity index is 2.09. The first-order chi connectivity index (χ1) is 10.0. The Kier molecular flexibility index (Phi) is 3.14. The number of benzene rings is 1. The maximum atomic E-state index is 11.1. The fourth-order valence-corrected chi connectivity index (χ4v) is 2.54. The van der Waals surface area contributed by atoms with Crippen molar-refractivity contribution in [3.05, 3.63) is 52.4 Å². The molecule has 104 valence electrons. The number of fused-ring (bicyclic) bond motifs is 2. The number of carbonyl (C=O) groups is 2. The van der Waals surface area contributed by atoms with Crippen LogP contribution in [0.3, 0.4) is 0 Å². The van der Waals surface area contributed by atoms with Gasteiger partial charge in [0.1, 0.15) is 0 Å². The van der Waals surface area contributed by atoms with Gasteiger partial charge in [0.2, 0.25) is 11.8 Å².